The van der Waals surface area contributed by atoms with Gasteiger partial charge >= 0.3 is 0 Å². The van der Waals surface area contributed by atoms with Crippen molar-refractivity contribution in [2.75, 3.05) is 0 Å². The van der Waals surface area contributed by atoms with E-state index in [4.69, 9.17) is 0 Å². The summed E-state index contributed by atoms with van der Waals surface area (Å²) in [6.07, 6.45) is 16.0. The maximum absolute atomic E-state index is 2.00. The van der Waals surface area contributed by atoms with E-state index >= 15 is 0 Å². The van der Waals surface area contributed by atoms with Crippen LogP contribution in [0.3, 0.4) is 0 Å². The fourth-order valence-corrected chi connectivity index (χ4v) is 0.513. The molecule has 0 saturated heterocycles. The van der Waals surface area contributed by atoms with Gasteiger partial charge in [-0.3, -0.25) is 0 Å². The van der Waals surface area contributed by atoms with Crippen LogP contribution in [0.1, 0.15) is 0 Å². The predicted molar refractivity (Wildman–Crippen MR) is 36.6 cm³/mol. The van der Waals surface area contributed by atoms with Crippen molar-refractivity contribution in [1.29, 1.82) is 0 Å². The molecule has 0 aromatic carbocycles. The Labute approximate surface area is 69.9 Å². The quantitative estimate of drug-likeness (QED) is 0.641. The Bertz CT molecular complexity index is 105. The fraction of sp³-hybridized carbons (Fsp3) is 0. The average molecular weight is 288 g/mol. The van der Waals surface area contributed by atoms with Crippen molar-refractivity contribution in [3.05, 3.63) is 48.6 Å². The van der Waals surface area contributed by atoms with Crippen LogP contribution in [0.2, 0.25) is 0 Å². The second-order valence-corrected chi connectivity index (χ2v) is 1.54. The van der Waals surface area contributed by atoms with Gasteiger partial charge in [-0.25, -0.2) is 0 Å². The van der Waals surface area contributed by atoms with Crippen LogP contribution in [-0.2, 0) is 21.1 Å². The molecule has 0 bridgehead atoms. The van der Waals surface area contributed by atoms with Crippen LogP contribution in [-0.4, -0.2) is 0 Å². The van der Waals surface area contributed by atoms with Crippen molar-refractivity contribution in [1.82, 2.24) is 0 Å². The van der Waals surface area contributed by atoms with E-state index in [1.807, 2.05) is 48.6 Å². The Hall–Kier alpha value is -0.352. The first-order valence-corrected chi connectivity index (χ1v) is 2.67. The maximum atomic E-state index is 2.00. The minimum absolute atomic E-state index is 0. The number of allylic oxidation sites excluding steroid dienone is 8. The van der Waals surface area contributed by atoms with Gasteiger partial charge < -0.3 is 0 Å². The van der Waals surface area contributed by atoms with Crippen LogP contribution >= 0.6 is 0 Å². The summed E-state index contributed by atoms with van der Waals surface area (Å²) in [5.74, 6) is 0. The summed E-state index contributed by atoms with van der Waals surface area (Å²) in [6, 6.07) is 0. The van der Waals surface area contributed by atoms with E-state index in [0.29, 0.717) is 0 Å². The van der Waals surface area contributed by atoms with Crippen LogP contribution in [0, 0.1) is 0 Å². The van der Waals surface area contributed by atoms with Gasteiger partial charge in [0.1, 0.15) is 0 Å². The Morgan fingerprint density at radius 1 is 0.333 bits per heavy atom. The smallest absolute Gasteiger partial charge is 0 e. The van der Waals surface area contributed by atoms with Crippen molar-refractivity contribution in [3.8, 4) is 0 Å². The third kappa shape index (κ3) is 4.17. The normalized spacial score (nSPS) is 14.2. The second-order valence-electron chi connectivity index (χ2n) is 1.54. The van der Waals surface area contributed by atoms with Crippen molar-refractivity contribution in [3.63, 3.8) is 0 Å². The predicted octanol–water partition coefficient (Wildman–Crippen LogP) is 2.22. The zero-order chi connectivity index (χ0) is 5.66. The van der Waals surface area contributed by atoms with Gasteiger partial charge in [0.15, 0.2) is 0 Å². The van der Waals surface area contributed by atoms with Crippen molar-refractivity contribution in [2.24, 2.45) is 0 Å². The van der Waals surface area contributed by atoms with Crippen LogP contribution < -0.4 is 0 Å². The summed E-state index contributed by atoms with van der Waals surface area (Å²) in [5.41, 5.74) is 0. The van der Waals surface area contributed by atoms with Gasteiger partial charge in [-0.2, -0.15) is 0 Å². The largest absolute Gasteiger partial charge is 0.0623 e. The molecule has 0 aromatic heterocycles. The van der Waals surface area contributed by atoms with E-state index in [-0.39, 0.29) is 21.1 Å². The summed E-state index contributed by atoms with van der Waals surface area (Å²) in [4.78, 5) is 0. The van der Waals surface area contributed by atoms with Crippen LogP contribution in [0.25, 0.3) is 0 Å². The minimum atomic E-state index is 0. The van der Waals surface area contributed by atoms with Gasteiger partial charge in [-0.15, -0.1) is 0 Å². The molecule has 0 unspecified atom stereocenters. The van der Waals surface area contributed by atoms with E-state index < -0.39 is 0 Å². The Balaban J connectivity index is 0.000000640. The first-order valence-electron chi connectivity index (χ1n) is 2.67. The molecule has 0 fully saturated rings. The summed E-state index contributed by atoms with van der Waals surface area (Å²) >= 11 is 0. The van der Waals surface area contributed by atoms with Crippen molar-refractivity contribution < 1.29 is 21.1 Å². The SMILES string of the molecule is C1=CC=CC=CC=C1.[W]. The zero-order valence-corrected chi connectivity index (χ0v) is 7.96. The molecule has 0 amide bonds. The third-order valence-electron chi connectivity index (χ3n) is 0.889. The van der Waals surface area contributed by atoms with Crippen molar-refractivity contribution in [2.45, 2.75) is 0 Å². The summed E-state index contributed by atoms with van der Waals surface area (Å²) in [7, 11) is 0. The van der Waals surface area contributed by atoms with Crippen LogP contribution in [0.4, 0.5) is 0 Å². The molecule has 0 nitrogen and oxygen atoms in total. The van der Waals surface area contributed by atoms with Gasteiger partial charge in [-0.1, -0.05) is 48.6 Å². The molecule has 0 spiro atoms. The summed E-state index contributed by atoms with van der Waals surface area (Å²) in [6.45, 7) is 0. The molecule has 0 N–H and O–H groups in total. The molecule has 46 valence electrons. The maximum Gasteiger partial charge on any atom is 0 e. The Morgan fingerprint density at radius 3 is 0.556 bits per heavy atom. The molecular formula is C8H8W. The third-order valence-corrected chi connectivity index (χ3v) is 0.889. The Kier molecular flexibility index (Phi) is 5.55. The monoisotopic (exact) mass is 288 g/mol. The minimum Gasteiger partial charge on any atom is -0.0623 e. The molecule has 0 heterocycles. The molecule has 1 rings (SSSR count). The van der Waals surface area contributed by atoms with E-state index in [2.05, 4.69) is 0 Å². The van der Waals surface area contributed by atoms with Crippen LogP contribution in [0.5, 0.6) is 0 Å². The molecule has 1 aliphatic carbocycles. The van der Waals surface area contributed by atoms with E-state index in [1.54, 1.807) is 0 Å². The standard InChI is InChI=1S/C8H8.W/c1-2-4-6-8-7-5-3-1;/h1-8H;. The Morgan fingerprint density at radius 2 is 0.444 bits per heavy atom. The first-order chi connectivity index (χ1) is 4.00. The average Bonchev–Trinajstić information content (AvgIpc) is 1.62. The first kappa shape index (κ1) is 8.65. The van der Waals surface area contributed by atoms with Gasteiger partial charge in [0, 0.05) is 21.1 Å². The zero-order valence-electron chi connectivity index (χ0n) is 5.03. The van der Waals surface area contributed by atoms with E-state index in [0.717, 1.165) is 0 Å². The molecule has 0 radical (unpaired) electrons. The number of hydrogen-bond acceptors (Lipinski definition) is 0. The topological polar surface area (TPSA) is 0 Å². The summed E-state index contributed by atoms with van der Waals surface area (Å²) < 4.78 is 0. The molecule has 1 aliphatic rings. The number of hydrogen-bond donors (Lipinski definition) is 0. The van der Waals surface area contributed by atoms with Gasteiger partial charge in [0.05, 0.1) is 0 Å². The second kappa shape index (κ2) is 5.78. The molecule has 0 aromatic rings. The summed E-state index contributed by atoms with van der Waals surface area (Å²) in [5, 5.41) is 0. The van der Waals surface area contributed by atoms with E-state index in [1.165, 1.54) is 0 Å². The van der Waals surface area contributed by atoms with Crippen LogP contribution in [0.15, 0.2) is 48.6 Å². The molecule has 0 aliphatic heterocycles. The number of rotatable bonds is 0. The molecule has 1 heteroatoms. The van der Waals surface area contributed by atoms with Gasteiger partial charge in [0.2, 0.25) is 0 Å². The molecule has 0 saturated carbocycles. The molecule has 0 atom stereocenters. The fourth-order valence-electron chi connectivity index (χ4n) is 0.513. The molecular weight excluding hydrogens is 280 g/mol. The van der Waals surface area contributed by atoms with Gasteiger partial charge in [0.25, 0.3) is 0 Å². The van der Waals surface area contributed by atoms with Crippen molar-refractivity contribution >= 4 is 0 Å². The van der Waals surface area contributed by atoms with Gasteiger partial charge in [-0.05, 0) is 0 Å². The van der Waals surface area contributed by atoms with E-state index in [9.17, 15) is 0 Å². The molecule has 9 heavy (non-hydrogen) atoms.